The minimum Gasteiger partial charge on any atom is -0.325 e. The molecule has 2 aromatic heterocycles. The molecule has 0 aromatic carbocycles. The van der Waals surface area contributed by atoms with Crippen LogP contribution in [0.4, 0.5) is 0 Å². The molecule has 0 spiro atoms. The number of hydrogen-bond acceptors (Lipinski definition) is 2. The first-order chi connectivity index (χ1) is 5.42. The second-order valence-electron chi connectivity index (χ2n) is 2.39. The van der Waals surface area contributed by atoms with Crippen molar-refractivity contribution in [3.63, 3.8) is 0 Å². The van der Waals surface area contributed by atoms with E-state index in [1.807, 2.05) is 28.8 Å². The predicted octanol–water partition coefficient (Wildman–Crippen LogP) is 0.793. The zero-order valence-corrected chi connectivity index (χ0v) is 6.07. The molecule has 0 atom stereocenters. The van der Waals surface area contributed by atoms with Crippen LogP contribution in [0.5, 0.6) is 0 Å². The van der Waals surface area contributed by atoms with Gasteiger partial charge in [-0.15, -0.1) is 0 Å². The van der Waals surface area contributed by atoms with Crippen molar-refractivity contribution in [2.75, 3.05) is 0 Å². The fourth-order valence-electron chi connectivity index (χ4n) is 1.16. The molecule has 0 bridgehead atoms. The summed E-state index contributed by atoms with van der Waals surface area (Å²) in [7, 11) is 0. The van der Waals surface area contributed by atoms with Crippen molar-refractivity contribution in [3.05, 3.63) is 36.4 Å². The lowest BCUT2D eigenvalue weighted by Gasteiger charge is -1.92. The third-order valence-electron chi connectivity index (χ3n) is 1.72. The molecule has 2 heterocycles. The average Bonchev–Trinajstić information content (AvgIpc) is 2.47. The lowest BCUT2D eigenvalue weighted by molar-refractivity contribution is 1.02. The van der Waals surface area contributed by atoms with Crippen molar-refractivity contribution < 1.29 is 0 Å². The molecule has 0 aliphatic rings. The third kappa shape index (κ3) is 0.897. The second-order valence-corrected chi connectivity index (χ2v) is 2.39. The number of fused-ring (bicyclic) bond motifs is 1. The van der Waals surface area contributed by atoms with Gasteiger partial charge in [-0.25, -0.2) is 4.98 Å². The van der Waals surface area contributed by atoms with Crippen LogP contribution in [0.2, 0.25) is 0 Å². The molecular weight excluding hydrogens is 138 g/mol. The van der Waals surface area contributed by atoms with Gasteiger partial charge in [-0.1, -0.05) is 6.07 Å². The topological polar surface area (TPSA) is 43.3 Å². The molecule has 0 aliphatic heterocycles. The largest absolute Gasteiger partial charge is 0.325 e. The van der Waals surface area contributed by atoms with Crippen molar-refractivity contribution in [2.24, 2.45) is 5.73 Å². The summed E-state index contributed by atoms with van der Waals surface area (Å²) in [4.78, 5) is 4.15. The van der Waals surface area contributed by atoms with E-state index >= 15 is 0 Å². The zero-order chi connectivity index (χ0) is 7.68. The molecule has 0 unspecified atom stereocenters. The molecule has 3 nitrogen and oxygen atoms in total. The molecule has 2 rings (SSSR count). The molecule has 11 heavy (non-hydrogen) atoms. The van der Waals surface area contributed by atoms with Crippen molar-refractivity contribution in [1.82, 2.24) is 9.38 Å². The number of aromatic nitrogens is 2. The lowest BCUT2D eigenvalue weighted by atomic mass is 10.3. The van der Waals surface area contributed by atoms with Crippen LogP contribution in [0, 0.1) is 0 Å². The van der Waals surface area contributed by atoms with Crippen LogP contribution in [0.3, 0.4) is 0 Å². The van der Waals surface area contributed by atoms with Crippen LogP contribution in [-0.4, -0.2) is 9.38 Å². The van der Waals surface area contributed by atoms with Gasteiger partial charge < -0.3 is 10.1 Å². The molecule has 56 valence electrons. The number of rotatable bonds is 1. The number of pyridine rings is 1. The molecule has 0 aliphatic carbocycles. The van der Waals surface area contributed by atoms with Crippen molar-refractivity contribution in [3.8, 4) is 0 Å². The maximum atomic E-state index is 5.48. The molecule has 0 amide bonds. The summed E-state index contributed by atoms with van der Waals surface area (Å²) in [6.45, 7) is 0.501. The van der Waals surface area contributed by atoms with E-state index in [0.29, 0.717) is 6.54 Å². The van der Waals surface area contributed by atoms with Crippen molar-refractivity contribution >= 4 is 5.52 Å². The third-order valence-corrected chi connectivity index (χ3v) is 1.72. The van der Waals surface area contributed by atoms with Crippen LogP contribution >= 0.6 is 0 Å². The molecule has 0 fully saturated rings. The lowest BCUT2D eigenvalue weighted by Crippen LogP contribution is -1.96. The summed E-state index contributed by atoms with van der Waals surface area (Å²) < 4.78 is 1.96. The van der Waals surface area contributed by atoms with Crippen LogP contribution in [0.1, 0.15) is 5.69 Å². The van der Waals surface area contributed by atoms with Crippen LogP contribution in [-0.2, 0) is 6.54 Å². The van der Waals surface area contributed by atoms with Gasteiger partial charge in [0.25, 0.3) is 0 Å². The average molecular weight is 147 g/mol. The molecule has 0 radical (unpaired) electrons. The molecule has 2 aromatic rings. The quantitative estimate of drug-likeness (QED) is 0.648. The Bertz CT molecular complexity index is 364. The van der Waals surface area contributed by atoms with E-state index in [4.69, 9.17) is 5.73 Å². The highest BCUT2D eigenvalue weighted by Crippen LogP contribution is 2.06. The van der Waals surface area contributed by atoms with Crippen LogP contribution < -0.4 is 5.73 Å². The zero-order valence-electron chi connectivity index (χ0n) is 6.07. The Hall–Kier alpha value is -1.35. The summed E-state index contributed by atoms with van der Waals surface area (Å²) >= 11 is 0. The Morgan fingerprint density at radius 3 is 3.18 bits per heavy atom. The summed E-state index contributed by atoms with van der Waals surface area (Å²) in [5.41, 5.74) is 7.53. The normalized spacial score (nSPS) is 10.6. The SMILES string of the molecule is NCc1ncn2ccccc12. The van der Waals surface area contributed by atoms with Crippen molar-refractivity contribution in [2.45, 2.75) is 6.54 Å². The summed E-state index contributed by atoms with van der Waals surface area (Å²) in [6.07, 6.45) is 3.74. The van der Waals surface area contributed by atoms with Gasteiger partial charge in [0.05, 0.1) is 17.5 Å². The number of hydrogen-bond donors (Lipinski definition) is 1. The van der Waals surface area contributed by atoms with Crippen LogP contribution in [0.25, 0.3) is 5.52 Å². The Labute approximate surface area is 64.5 Å². The van der Waals surface area contributed by atoms with Crippen molar-refractivity contribution in [1.29, 1.82) is 0 Å². The van der Waals surface area contributed by atoms with E-state index in [9.17, 15) is 0 Å². The van der Waals surface area contributed by atoms with Gasteiger partial charge in [0.1, 0.15) is 0 Å². The molecule has 2 N–H and O–H groups in total. The predicted molar refractivity (Wildman–Crippen MR) is 43.1 cm³/mol. The monoisotopic (exact) mass is 147 g/mol. The molecular formula is C8H9N3. The van der Waals surface area contributed by atoms with Gasteiger partial charge in [0.2, 0.25) is 0 Å². The smallest absolute Gasteiger partial charge is 0.0996 e. The molecule has 0 saturated carbocycles. The standard InChI is InChI=1S/C8H9N3/c9-5-7-8-3-1-2-4-11(8)6-10-7/h1-4,6H,5,9H2. The molecule has 0 saturated heterocycles. The number of nitrogens with two attached hydrogens (primary N) is 1. The van der Waals surface area contributed by atoms with Gasteiger partial charge >= 0.3 is 0 Å². The van der Waals surface area contributed by atoms with Gasteiger partial charge in [0, 0.05) is 12.7 Å². The Kier molecular flexibility index (Phi) is 1.36. The highest BCUT2D eigenvalue weighted by Gasteiger charge is 1.98. The van der Waals surface area contributed by atoms with Gasteiger partial charge in [0.15, 0.2) is 0 Å². The summed E-state index contributed by atoms with van der Waals surface area (Å²) in [6, 6.07) is 5.96. The minimum absolute atomic E-state index is 0.501. The van der Waals surface area contributed by atoms with E-state index in [-0.39, 0.29) is 0 Å². The second kappa shape index (κ2) is 2.36. The first-order valence-electron chi connectivity index (χ1n) is 3.52. The van der Waals surface area contributed by atoms with E-state index in [1.165, 1.54) is 0 Å². The first-order valence-corrected chi connectivity index (χ1v) is 3.52. The maximum Gasteiger partial charge on any atom is 0.0996 e. The van der Waals surface area contributed by atoms with E-state index < -0.39 is 0 Å². The minimum atomic E-state index is 0.501. The maximum absolute atomic E-state index is 5.48. The highest BCUT2D eigenvalue weighted by molar-refractivity contribution is 5.51. The van der Waals surface area contributed by atoms with E-state index in [0.717, 1.165) is 11.2 Å². The van der Waals surface area contributed by atoms with Gasteiger partial charge in [-0.3, -0.25) is 0 Å². The summed E-state index contributed by atoms with van der Waals surface area (Å²) in [5, 5.41) is 0. The van der Waals surface area contributed by atoms with Crippen LogP contribution in [0.15, 0.2) is 30.7 Å². The Balaban J connectivity index is 2.76. The first kappa shape index (κ1) is 6.37. The Morgan fingerprint density at radius 1 is 1.45 bits per heavy atom. The van der Waals surface area contributed by atoms with E-state index in [1.54, 1.807) is 6.33 Å². The Morgan fingerprint density at radius 2 is 2.36 bits per heavy atom. The number of imidazole rings is 1. The van der Waals surface area contributed by atoms with E-state index in [2.05, 4.69) is 4.98 Å². The fourth-order valence-corrected chi connectivity index (χ4v) is 1.16. The summed E-state index contributed by atoms with van der Waals surface area (Å²) in [5.74, 6) is 0. The molecule has 3 heteroatoms. The van der Waals surface area contributed by atoms with Gasteiger partial charge in [-0.05, 0) is 12.1 Å². The van der Waals surface area contributed by atoms with Gasteiger partial charge in [-0.2, -0.15) is 0 Å². The number of nitrogens with zero attached hydrogens (tertiary/aromatic N) is 2. The fraction of sp³-hybridized carbons (Fsp3) is 0.125. The highest BCUT2D eigenvalue weighted by atomic mass is 15.0.